The number of nitriles is 1. The lowest BCUT2D eigenvalue weighted by Gasteiger charge is -2.39. The van der Waals surface area contributed by atoms with Gasteiger partial charge in [-0.1, -0.05) is 102 Å². The van der Waals surface area contributed by atoms with E-state index in [0.717, 1.165) is 42.7 Å². The van der Waals surface area contributed by atoms with Crippen LogP contribution in [0.4, 0.5) is 31.4 Å². The number of aromatic hydroxyl groups is 2. The van der Waals surface area contributed by atoms with Crippen LogP contribution in [0.15, 0.2) is 127 Å². The molecule has 3 fully saturated rings. The van der Waals surface area contributed by atoms with Gasteiger partial charge in [0.2, 0.25) is 30.1 Å². The SMILES string of the molecule is N#Cc1ccccc1S(=O)(=O)N1CCC(N2C(=O)OCc3cc(Br)ccc32)CC1.O=C1OCc2cc(Br)ccc2N1C1CCN(S(=O)(=O)c2cc(Cl)cc(Cl)c2O)CC1.O=C1OCc2cc(Cl)ccc2N1C1CCN(S(=O)(=O)c2cc(Cl)cc(Cl)c2O)CC1. The third kappa shape index (κ3) is 13.9. The van der Waals surface area contributed by atoms with E-state index in [2.05, 4.69) is 31.9 Å². The summed E-state index contributed by atoms with van der Waals surface area (Å²) in [5.74, 6) is -1.06. The van der Waals surface area contributed by atoms with E-state index in [4.69, 9.17) is 72.2 Å². The summed E-state index contributed by atoms with van der Waals surface area (Å²) >= 11 is 36.5. The molecule has 12 rings (SSSR count). The van der Waals surface area contributed by atoms with Crippen molar-refractivity contribution in [3.63, 3.8) is 0 Å². The Morgan fingerprint density at radius 3 is 1.16 bits per heavy atom. The number of halogens is 7. The van der Waals surface area contributed by atoms with Gasteiger partial charge in [0.05, 0.1) is 37.6 Å². The maximum absolute atomic E-state index is 13.0. The van der Waals surface area contributed by atoms with Gasteiger partial charge in [0.1, 0.15) is 35.7 Å². The Labute approximate surface area is 555 Å². The molecule has 0 spiro atoms. The molecule has 6 aromatic rings. The molecule has 6 aliphatic rings. The average Bonchev–Trinajstić information content (AvgIpc) is 1.66. The van der Waals surface area contributed by atoms with Crippen LogP contribution in [-0.4, -0.2) is 124 Å². The van der Waals surface area contributed by atoms with Gasteiger partial charge in [0.15, 0.2) is 11.5 Å². The van der Waals surface area contributed by atoms with E-state index < -0.39 is 59.8 Å². The highest BCUT2D eigenvalue weighted by molar-refractivity contribution is 9.10. The molecule has 6 aliphatic heterocycles. The first-order valence-corrected chi connectivity index (χ1v) is 35.2. The highest BCUT2D eigenvalue weighted by Gasteiger charge is 2.42. The van der Waals surface area contributed by atoms with Gasteiger partial charge in [-0.2, -0.15) is 18.2 Å². The number of benzene rings is 6. The standard InChI is InChI=1S/C20H18BrN3O4S.C19H17BrCl2N2O5S.C19H17Cl3N2O5S/c21-16-5-6-18-15(11-16)13-28-20(25)24(18)17-7-9-23(10-8-17)29(26,27)19-4-2-1-3-14(19)12-22;2*20-12-1-2-16-11(7-12)10-29-19(26)24(16)14-3-5-23(6-4-14)30(27,28)17-9-13(21)8-15(22)18(17)25/h1-6,11,17H,7-10,13H2;2*1-2,7-9,14,25H,3-6,10H2. The molecule has 3 amide bonds. The number of carbonyl (C=O) groups is 3. The number of cyclic esters (lactones) is 3. The van der Waals surface area contributed by atoms with Gasteiger partial charge in [-0.3, -0.25) is 14.7 Å². The Hall–Kier alpha value is -5.64. The smallest absolute Gasteiger partial charge is 0.414 e. The molecule has 31 heteroatoms. The second-order valence-electron chi connectivity index (χ2n) is 21.1. The van der Waals surface area contributed by atoms with E-state index in [0.29, 0.717) is 43.5 Å². The molecule has 2 N–H and O–H groups in total. The molecule has 6 aromatic carbocycles. The third-order valence-corrected chi connectivity index (χ3v) is 23.8. The molecule has 470 valence electrons. The summed E-state index contributed by atoms with van der Waals surface area (Å²) in [5, 5.41) is 30.0. The van der Waals surface area contributed by atoms with Crippen molar-refractivity contribution in [3.05, 3.63) is 159 Å². The van der Waals surface area contributed by atoms with E-state index in [9.17, 15) is 55.1 Å². The molecule has 0 atom stereocenters. The van der Waals surface area contributed by atoms with Crippen LogP contribution in [0.5, 0.6) is 11.5 Å². The lowest BCUT2D eigenvalue weighted by atomic mass is 10.0. The highest BCUT2D eigenvalue weighted by atomic mass is 79.9. The number of ether oxygens (including phenoxy) is 3. The summed E-state index contributed by atoms with van der Waals surface area (Å²) in [4.78, 5) is 41.5. The number of rotatable bonds is 9. The quantitative estimate of drug-likeness (QED) is 0.127. The second-order valence-corrected chi connectivity index (χ2v) is 30.7. The molecule has 0 unspecified atom stereocenters. The van der Waals surface area contributed by atoms with Gasteiger partial charge in [-0.05, 0) is 130 Å². The number of phenols is 2. The van der Waals surface area contributed by atoms with Gasteiger partial charge in [0.25, 0.3) is 0 Å². The number of nitrogens with zero attached hydrogens (tertiary/aromatic N) is 7. The van der Waals surface area contributed by atoms with Crippen molar-refractivity contribution in [3.8, 4) is 17.6 Å². The lowest BCUT2D eigenvalue weighted by molar-refractivity contribution is 0.135. The summed E-state index contributed by atoms with van der Waals surface area (Å²) in [7, 11) is -11.8. The van der Waals surface area contributed by atoms with Crippen LogP contribution in [0.1, 0.15) is 60.8 Å². The number of hydrogen-bond acceptors (Lipinski definition) is 15. The first-order chi connectivity index (χ1) is 42.3. The second kappa shape index (κ2) is 27.3. The topological polar surface area (TPSA) is 265 Å². The van der Waals surface area contributed by atoms with E-state index in [1.807, 2.05) is 42.5 Å². The molecule has 0 bridgehead atoms. The van der Waals surface area contributed by atoms with Gasteiger partial charge in [-0.15, -0.1) is 0 Å². The zero-order valence-electron chi connectivity index (χ0n) is 46.4. The van der Waals surface area contributed by atoms with Crippen molar-refractivity contribution < 1.29 is 64.1 Å². The normalized spacial score (nSPS) is 18.2. The predicted molar refractivity (Wildman–Crippen MR) is 340 cm³/mol. The monoisotopic (exact) mass is 1500 g/mol. The zero-order valence-corrected chi connectivity index (χ0v) is 55.8. The van der Waals surface area contributed by atoms with Crippen LogP contribution in [0, 0.1) is 11.3 Å². The molecule has 0 aromatic heterocycles. The summed E-state index contributed by atoms with van der Waals surface area (Å²) in [5.41, 5.74) is 5.03. The van der Waals surface area contributed by atoms with Gasteiger partial charge in [0, 0.05) is 98.1 Å². The van der Waals surface area contributed by atoms with Gasteiger partial charge in [-0.25, -0.2) is 39.6 Å². The number of phenolic OH excluding ortho intramolecular Hbond substituents is 2. The van der Waals surface area contributed by atoms with E-state index in [1.54, 1.807) is 45.0 Å². The van der Waals surface area contributed by atoms with Gasteiger partial charge < -0.3 is 24.4 Å². The van der Waals surface area contributed by atoms with Crippen LogP contribution in [-0.2, 0) is 64.1 Å². The Morgan fingerprint density at radius 1 is 0.449 bits per heavy atom. The molecule has 0 radical (unpaired) electrons. The van der Waals surface area contributed by atoms with Crippen LogP contribution < -0.4 is 14.7 Å². The number of amides is 3. The van der Waals surface area contributed by atoms with E-state index >= 15 is 0 Å². The van der Waals surface area contributed by atoms with Crippen molar-refractivity contribution in [2.24, 2.45) is 0 Å². The number of piperidine rings is 3. The first-order valence-electron chi connectivity index (χ1n) is 27.4. The summed E-state index contributed by atoms with van der Waals surface area (Å²) < 4.78 is 99.7. The van der Waals surface area contributed by atoms with Gasteiger partial charge >= 0.3 is 18.3 Å². The molecule has 0 aliphatic carbocycles. The van der Waals surface area contributed by atoms with Crippen molar-refractivity contribution >= 4 is 155 Å². The summed E-state index contributed by atoms with van der Waals surface area (Å²) in [6.45, 7) is 1.76. The minimum Gasteiger partial charge on any atom is -0.505 e. The van der Waals surface area contributed by atoms with Crippen molar-refractivity contribution in [1.82, 2.24) is 12.9 Å². The van der Waals surface area contributed by atoms with Crippen LogP contribution in [0.3, 0.4) is 0 Å². The van der Waals surface area contributed by atoms with Crippen LogP contribution in [0.2, 0.25) is 25.1 Å². The highest BCUT2D eigenvalue weighted by Crippen LogP contribution is 2.42. The molecular weight excluding hydrogens is 1450 g/mol. The van der Waals surface area contributed by atoms with Crippen molar-refractivity contribution in [2.75, 3.05) is 54.0 Å². The molecule has 89 heavy (non-hydrogen) atoms. The Bertz CT molecular complexity index is 4010. The Balaban J connectivity index is 0.000000147. The fraction of sp³-hybridized carbons (Fsp3) is 0.310. The van der Waals surface area contributed by atoms with Crippen molar-refractivity contribution in [1.29, 1.82) is 5.26 Å². The average molecular weight is 1500 g/mol. The van der Waals surface area contributed by atoms with Crippen LogP contribution in [0.25, 0.3) is 0 Å². The zero-order chi connectivity index (χ0) is 63.9. The number of hydrogen-bond donors (Lipinski definition) is 2. The molecule has 21 nitrogen and oxygen atoms in total. The van der Waals surface area contributed by atoms with Crippen molar-refractivity contribution in [2.45, 2.75) is 91.2 Å². The number of carbonyl (C=O) groups excluding carboxylic acids is 3. The minimum atomic E-state index is -4.01. The summed E-state index contributed by atoms with van der Waals surface area (Å²) in [6.07, 6.45) is 1.28. The Kier molecular flexibility index (Phi) is 20.3. The van der Waals surface area contributed by atoms with E-state index in [1.165, 1.54) is 49.3 Å². The molecule has 6 heterocycles. The first kappa shape index (κ1) is 66.3. The Morgan fingerprint density at radius 2 is 0.787 bits per heavy atom. The fourth-order valence-corrected chi connectivity index (χ4v) is 18.4. The predicted octanol–water partition coefficient (Wildman–Crippen LogP) is 13.1. The number of fused-ring (bicyclic) bond motifs is 3. The maximum Gasteiger partial charge on any atom is 0.414 e. The molecular formula is C58H52Br2Cl5N7O14S3. The summed E-state index contributed by atoms with van der Waals surface area (Å²) in [6, 6.07) is 29.0. The third-order valence-electron chi connectivity index (χ3n) is 15.8. The largest absolute Gasteiger partial charge is 0.505 e. The van der Waals surface area contributed by atoms with Crippen LogP contribution >= 0.6 is 89.9 Å². The fourth-order valence-electron chi connectivity index (χ4n) is 11.4. The molecule has 3 saturated heterocycles. The maximum atomic E-state index is 13.0. The molecule has 0 saturated carbocycles. The number of sulfonamides is 3. The number of anilines is 3. The minimum absolute atomic E-state index is 0.0218. The van der Waals surface area contributed by atoms with E-state index in [-0.39, 0.29) is 118 Å². The lowest BCUT2D eigenvalue weighted by Crippen LogP contribution is -2.50.